The van der Waals surface area contributed by atoms with Gasteiger partial charge < -0.3 is 5.73 Å². The molecule has 5 heteroatoms. The van der Waals surface area contributed by atoms with Crippen LogP contribution in [0.2, 0.25) is 0 Å². The van der Waals surface area contributed by atoms with Crippen LogP contribution in [0.5, 0.6) is 0 Å². The summed E-state index contributed by atoms with van der Waals surface area (Å²) in [6, 6.07) is 0. The predicted molar refractivity (Wildman–Crippen MR) is 64.6 cm³/mol. The Morgan fingerprint density at radius 3 is 2.38 bits per heavy atom. The lowest BCUT2D eigenvalue weighted by atomic mass is 9.85. The van der Waals surface area contributed by atoms with Crippen molar-refractivity contribution < 1.29 is 13.0 Å². The minimum atomic E-state index is -4.03. The Hall–Kier alpha value is -0.130. The third-order valence-electron chi connectivity index (χ3n) is 3.46. The molecule has 0 radical (unpaired) electrons. The highest BCUT2D eigenvalue weighted by Crippen LogP contribution is 2.27. The molecule has 1 rings (SSSR count). The Bertz CT molecular complexity index is 284. The third kappa shape index (κ3) is 5.27. The molecule has 3 N–H and O–H groups in total. The van der Waals surface area contributed by atoms with Crippen LogP contribution >= 0.6 is 0 Å². The van der Waals surface area contributed by atoms with Crippen molar-refractivity contribution in [3.63, 3.8) is 0 Å². The van der Waals surface area contributed by atoms with E-state index in [0.717, 1.165) is 18.8 Å². The molecular formula is C11H23NO3S. The van der Waals surface area contributed by atoms with Crippen LogP contribution < -0.4 is 5.73 Å². The van der Waals surface area contributed by atoms with Crippen LogP contribution in [-0.2, 0) is 10.1 Å². The normalized spacial score (nSPS) is 20.9. The van der Waals surface area contributed by atoms with Crippen molar-refractivity contribution in [2.75, 3.05) is 0 Å². The average molecular weight is 249 g/mol. The molecule has 1 fully saturated rings. The first kappa shape index (κ1) is 13.9. The Labute approximate surface area is 98.4 Å². The van der Waals surface area contributed by atoms with Crippen LogP contribution in [0.3, 0.4) is 0 Å². The molecule has 1 aliphatic carbocycles. The van der Waals surface area contributed by atoms with E-state index in [1.807, 2.05) is 0 Å². The van der Waals surface area contributed by atoms with Crippen LogP contribution in [0, 0.1) is 5.92 Å². The van der Waals surface area contributed by atoms with E-state index in [1.165, 1.54) is 38.5 Å². The molecule has 0 amide bonds. The van der Waals surface area contributed by atoms with Gasteiger partial charge in [0.25, 0.3) is 10.1 Å². The molecule has 96 valence electrons. The van der Waals surface area contributed by atoms with Gasteiger partial charge in [0.15, 0.2) is 0 Å². The number of hydrogen-bond acceptors (Lipinski definition) is 3. The molecule has 0 saturated heterocycles. The largest absolute Gasteiger partial charge is 0.313 e. The van der Waals surface area contributed by atoms with Gasteiger partial charge in [-0.2, -0.15) is 8.42 Å². The first-order chi connectivity index (χ1) is 7.50. The van der Waals surface area contributed by atoms with Crippen LogP contribution in [0.4, 0.5) is 0 Å². The minimum absolute atomic E-state index is 0.367. The van der Waals surface area contributed by atoms with E-state index in [1.54, 1.807) is 0 Å². The van der Waals surface area contributed by atoms with E-state index in [4.69, 9.17) is 10.3 Å². The molecule has 0 aromatic rings. The first-order valence-corrected chi connectivity index (χ1v) is 7.72. The van der Waals surface area contributed by atoms with Crippen molar-refractivity contribution in [2.24, 2.45) is 11.7 Å². The molecule has 16 heavy (non-hydrogen) atoms. The SMILES string of the molecule is NC(CCCCC1CCCCC1)S(=O)(=O)O. The molecule has 1 atom stereocenters. The van der Waals surface area contributed by atoms with E-state index in [0.29, 0.717) is 6.42 Å². The van der Waals surface area contributed by atoms with Crippen molar-refractivity contribution in [2.45, 2.75) is 63.2 Å². The topological polar surface area (TPSA) is 80.4 Å². The van der Waals surface area contributed by atoms with Gasteiger partial charge in [0, 0.05) is 0 Å². The van der Waals surface area contributed by atoms with Crippen molar-refractivity contribution >= 4 is 10.1 Å². The van der Waals surface area contributed by atoms with Crippen LogP contribution in [0.1, 0.15) is 57.8 Å². The van der Waals surface area contributed by atoms with Crippen LogP contribution in [0.15, 0.2) is 0 Å². The molecule has 0 heterocycles. The fourth-order valence-electron chi connectivity index (χ4n) is 2.40. The number of unbranched alkanes of at least 4 members (excludes halogenated alkanes) is 1. The van der Waals surface area contributed by atoms with Gasteiger partial charge in [0.1, 0.15) is 5.37 Å². The summed E-state index contributed by atoms with van der Waals surface area (Å²) in [6.07, 6.45) is 10.1. The summed E-state index contributed by atoms with van der Waals surface area (Å²) in [5.41, 5.74) is 5.33. The second-order valence-electron chi connectivity index (χ2n) is 4.84. The van der Waals surface area contributed by atoms with Gasteiger partial charge in [0.2, 0.25) is 0 Å². The molecule has 1 unspecified atom stereocenters. The molecule has 0 aliphatic heterocycles. The molecule has 0 bridgehead atoms. The average Bonchev–Trinajstić information content (AvgIpc) is 2.24. The zero-order valence-electron chi connectivity index (χ0n) is 9.77. The van der Waals surface area contributed by atoms with Crippen molar-refractivity contribution in [3.05, 3.63) is 0 Å². The first-order valence-electron chi connectivity index (χ1n) is 6.22. The zero-order valence-corrected chi connectivity index (χ0v) is 10.6. The van der Waals surface area contributed by atoms with E-state index in [9.17, 15) is 8.42 Å². The van der Waals surface area contributed by atoms with Crippen LogP contribution in [0.25, 0.3) is 0 Å². The number of rotatable bonds is 6. The van der Waals surface area contributed by atoms with Crippen molar-refractivity contribution in [1.82, 2.24) is 0 Å². The van der Waals surface area contributed by atoms with Gasteiger partial charge in [-0.15, -0.1) is 0 Å². The summed E-state index contributed by atoms with van der Waals surface area (Å²) in [4.78, 5) is 0. The Morgan fingerprint density at radius 1 is 1.19 bits per heavy atom. The molecule has 1 aliphatic rings. The number of nitrogens with two attached hydrogens (primary N) is 1. The second kappa shape index (κ2) is 6.57. The fourth-order valence-corrected chi connectivity index (χ4v) is 2.87. The lowest BCUT2D eigenvalue weighted by molar-refractivity contribution is 0.328. The molecule has 4 nitrogen and oxygen atoms in total. The standard InChI is InChI=1S/C11H23NO3S/c12-11(16(13,14)15)9-5-4-8-10-6-2-1-3-7-10/h10-11H,1-9,12H2,(H,13,14,15). The molecule has 0 aromatic carbocycles. The smallest absolute Gasteiger partial charge is 0.280 e. The highest BCUT2D eigenvalue weighted by Gasteiger charge is 2.17. The van der Waals surface area contributed by atoms with Gasteiger partial charge in [-0.25, -0.2) is 0 Å². The van der Waals surface area contributed by atoms with Crippen molar-refractivity contribution in [3.8, 4) is 0 Å². The maximum absolute atomic E-state index is 10.7. The maximum Gasteiger partial charge on any atom is 0.280 e. The van der Waals surface area contributed by atoms with Gasteiger partial charge in [-0.05, 0) is 12.3 Å². The summed E-state index contributed by atoms with van der Waals surface area (Å²) in [6.45, 7) is 0. The van der Waals surface area contributed by atoms with E-state index in [2.05, 4.69) is 0 Å². The van der Waals surface area contributed by atoms with Crippen LogP contribution in [-0.4, -0.2) is 18.3 Å². The summed E-state index contributed by atoms with van der Waals surface area (Å²) in [5, 5.41) is -1.10. The van der Waals surface area contributed by atoms with Crippen molar-refractivity contribution in [1.29, 1.82) is 0 Å². The molecule has 0 spiro atoms. The van der Waals surface area contributed by atoms with E-state index < -0.39 is 15.5 Å². The summed E-state index contributed by atoms with van der Waals surface area (Å²) in [5.74, 6) is 0.829. The lowest BCUT2D eigenvalue weighted by Gasteiger charge is -2.21. The second-order valence-corrected chi connectivity index (χ2v) is 6.48. The third-order valence-corrected chi connectivity index (χ3v) is 4.46. The summed E-state index contributed by atoms with van der Waals surface area (Å²) < 4.78 is 30.0. The Morgan fingerprint density at radius 2 is 1.81 bits per heavy atom. The summed E-state index contributed by atoms with van der Waals surface area (Å²) in [7, 11) is -4.03. The zero-order chi connectivity index (χ0) is 12.0. The van der Waals surface area contributed by atoms with E-state index in [-0.39, 0.29) is 0 Å². The molecular weight excluding hydrogens is 226 g/mol. The van der Waals surface area contributed by atoms with Gasteiger partial charge in [0.05, 0.1) is 0 Å². The van der Waals surface area contributed by atoms with Gasteiger partial charge >= 0.3 is 0 Å². The Balaban J connectivity index is 2.07. The predicted octanol–water partition coefficient (Wildman–Crippen LogP) is 2.30. The van der Waals surface area contributed by atoms with Gasteiger partial charge in [-0.1, -0.05) is 51.4 Å². The lowest BCUT2D eigenvalue weighted by Crippen LogP contribution is -2.29. The molecule has 0 aromatic heterocycles. The summed E-state index contributed by atoms with van der Waals surface area (Å²) >= 11 is 0. The van der Waals surface area contributed by atoms with E-state index >= 15 is 0 Å². The highest BCUT2D eigenvalue weighted by molar-refractivity contribution is 7.86. The minimum Gasteiger partial charge on any atom is -0.313 e. The quantitative estimate of drug-likeness (QED) is 0.559. The van der Waals surface area contributed by atoms with Gasteiger partial charge in [-0.3, -0.25) is 4.55 Å². The monoisotopic (exact) mass is 249 g/mol. The Kier molecular flexibility index (Phi) is 5.72. The number of hydrogen-bond donors (Lipinski definition) is 2. The molecule has 1 saturated carbocycles. The fraction of sp³-hybridized carbons (Fsp3) is 1.00. The maximum atomic E-state index is 10.7. The highest BCUT2D eigenvalue weighted by atomic mass is 32.2.